The van der Waals surface area contributed by atoms with Gasteiger partial charge in [-0.25, -0.2) is 4.98 Å². The van der Waals surface area contributed by atoms with Crippen molar-refractivity contribution in [3.63, 3.8) is 0 Å². The lowest BCUT2D eigenvalue weighted by atomic mass is 10.0. The summed E-state index contributed by atoms with van der Waals surface area (Å²) in [5.41, 5.74) is 0. The highest BCUT2D eigenvalue weighted by Gasteiger charge is 2.22. The number of hydrogen-bond acceptors (Lipinski definition) is 3. The lowest BCUT2D eigenvalue weighted by molar-refractivity contribution is 0.0607. The van der Waals surface area contributed by atoms with Gasteiger partial charge in [0.05, 0.1) is 6.54 Å². The SMILES string of the molecule is CCCN(Cc1nccn1C(F)F)C1CCNCC1. The van der Waals surface area contributed by atoms with E-state index in [2.05, 4.69) is 22.1 Å². The number of rotatable bonds is 6. The number of nitrogens with one attached hydrogen (secondary N) is 1. The van der Waals surface area contributed by atoms with Gasteiger partial charge in [0.15, 0.2) is 0 Å². The molecule has 4 nitrogen and oxygen atoms in total. The third-order valence-corrected chi connectivity index (χ3v) is 3.64. The van der Waals surface area contributed by atoms with E-state index < -0.39 is 6.55 Å². The van der Waals surface area contributed by atoms with Crippen LogP contribution in [0.5, 0.6) is 0 Å². The van der Waals surface area contributed by atoms with E-state index in [0.717, 1.165) is 43.5 Å². The van der Waals surface area contributed by atoms with Crippen molar-refractivity contribution in [1.29, 1.82) is 0 Å². The van der Waals surface area contributed by atoms with Crippen LogP contribution in [0.3, 0.4) is 0 Å². The van der Waals surface area contributed by atoms with Crippen LogP contribution in [0.4, 0.5) is 8.78 Å². The molecule has 1 saturated heterocycles. The molecule has 0 amide bonds. The highest BCUT2D eigenvalue weighted by molar-refractivity contribution is 4.94. The van der Waals surface area contributed by atoms with Crippen LogP contribution in [0.2, 0.25) is 0 Å². The van der Waals surface area contributed by atoms with Crippen molar-refractivity contribution in [1.82, 2.24) is 19.8 Å². The Bertz CT molecular complexity index is 374. The van der Waals surface area contributed by atoms with Gasteiger partial charge in [0, 0.05) is 18.4 Å². The fraction of sp³-hybridized carbons (Fsp3) is 0.769. The monoisotopic (exact) mass is 272 g/mol. The summed E-state index contributed by atoms with van der Waals surface area (Å²) in [7, 11) is 0. The largest absolute Gasteiger partial charge is 0.319 e. The van der Waals surface area contributed by atoms with E-state index in [0.29, 0.717) is 18.4 Å². The molecule has 0 saturated carbocycles. The fourth-order valence-corrected chi connectivity index (χ4v) is 2.68. The van der Waals surface area contributed by atoms with Gasteiger partial charge >= 0.3 is 6.55 Å². The van der Waals surface area contributed by atoms with Crippen LogP contribution in [-0.2, 0) is 6.54 Å². The molecule has 1 fully saturated rings. The predicted octanol–water partition coefficient (Wildman–Crippen LogP) is 2.24. The van der Waals surface area contributed by atoms with Gasteiger partial charge in [-0.1, -0.05) is 6.92 Å². The van der Waals surface area contributed by atoms with E-state index in [9.17, 15) is 8.78 Å². The molecule has 0 unspecified atom stereocenters. The Kier molecular flexibility index (Phi) is 5.27. The number of nitrogens with zero attached hydrogens (tertiary/aromatic N) is 3. The van der Waals surface area contributed by atoms with Crippen LogP contribution in [0, 0.1) is 0 Å². The lowest BCUT2D eigenvalue weighted by Gasteiger charge is -2.34. The van der Waals surface area contributed by atoms with Gasteiger partial charge in [-0.15, -0.1) is 0 Å². The average molecular weight is 272 g/mol. The number of piperidine rings is 1. The highest BCUT2D eigenvalue weighted by atomic mass is 19.3. The normalized spacial score (nSPS) is 17.5. The van der Waals surface area contributed by atoms with E-state index in [1.54, 1.807) is 0 Å². The molecule has 0 aliphatic carbocycles. The average Bonchev–Trinajstić information content (AvgIpc) is 2.88. The summed E-state index contributed by atoms with van der Waals surface area (Å²) in [6, 6.07) is 0.476. The molecule has 0 radical (unpaired) electrons. The van der Waals surface area contributed by atoms with Crippen molar-refractivity contribution in [3.8, 4) is 0 Å². The number of halogens is 2. The van der Waals surface area contributed by atoms with Crippen molar-refractivity contribution < 1.29 is 8.78 Å². The van der Waals surface area contributed by atoms with Gasteiger partial charge in [-0.3, -0.25) is 9.47 Å². The van der Waals surface area contributed by atoms with Gasteiger partial charge in [0.2, 0.25) is 0 Å². The topological polar surface area (TPSA) is 33.1 Å². The first kappa shape index (κ1) is 14.4. The summed E-state index contributed by atoms with van der Waals surface area (Å²) in [5.74, 6) is 0.460. The third kappa shape index (κ3) is 3.73. The second-order valence-electron chi connectivity index (χ2n) is 4.98. The summed E-state index contributed by atoms with van der Waals surface area (Å²) in [6.07, 6.45) is 5.99. The Morgan fingerprint density at radius 3 is 2.84 bits per heavy atom. The molecule has 1 aliphatic rings. The van der Waals surface area contributed by atoms with Crippen LogP contribution in [0.15, 0.2) is 12.4 Å². The lowest BCUT2D eigenvalue weighted by Crippen LogP contribution is -2.43. The minimum Gasteiger partial charge on any atom is -0.317 e. The van der Waals surface area contributed by atoms with Crippen LogP contribution < -0.4 is 5.32 Å². The standard InChI is InChI=1S/C13H22F2N4/c1-2-8-18(11-3-5-16-6-4-11)10-12-17-7-9-19(12)13(14)15/h7,9,11,13,16H,2-6,8,10H2,1H3. The molecule has 0 atom stereocenters. The second kappa shape index (κ2) is 6.96. The molecule has 0 bridgehead atoms. The Hall–Kier alpha value is -1.01. The van der Waals surface area contributed by atoms with Gasteiger partial charge < -0.3 is 5.32 Å². The first-order valence-electron chi connectivity index (χ1n) is 6.97. The maximum absolute atomic E-state index is 12.8. The number of aromatic nitrogens is 2. The summed E-state index contributed by atoms with van der Waals surface area (Å²) >= 11 is 0. The van der Waals surface area contributed by atoms with Gasteiger partial charge in [0.1, 0.15) is 5.82 Å². The van der Waals surface area contributed by atoms with Gasteiger partial charge in [-0.2, -0.15) is 8.78 Å². The molecule has 1 N–H and O–H groups in total. The van der Waals surface area contributed by atoms with E-state index >= 15 is 0 Å². The van der Waals surface area contributed by atoms with E-state index in [1.165, 1.54) is 12.4 Å². The summed E-state index contributed by atoms with van der Waals surface area (Å²) in [5, 5.41) is 3.33. The maximum atomic E-state index is 12.8. The maximum Gasteiger partial charge on any atom is 0.319 e. The molecule has 1 aliphatic heterocycles. The van der Waals surface area contributed by atoms with Crippen molar-refractivity contribution in [2.45, 2.75) is 45.3 Å². The molecule has 6 heteroatoms. The molecule has 0 spiro atoms. The molecule has 1 aromatic rings. The quantitative estimate of drug-likeness (QED) is 0.862. The Morgan fingerprint density at radius 2 is 2.21 bits per heavy atom. The van der Waals surface area contributed by atoms with Crippen molar-refractivity contribution in [3.05, 3.63) is 18.2 Å². The zero-order valence-corrected chi connectivity index (χ0v) is 11.4. The van der Waals surface area contributed by atoms with Crippen LogP contribution in [-0.4, -0.2) is 40.1 Å². The van der Waals surface area contributed by atoms with Crippen LogP contribution >= 0.6 is 0 Å². The van der Waals surface area contributed by atoms with Gasteiger partial charge in [-0.05, 0) is 38.9 Å². The minimum absolute atomic E-state index is 0.460. The zero-order chi connectivity index (χ0) is 13.7. The number of imidazole rings is 1. The van der Waals surface area contributed by atoms with Crippen LogP contribution in [0.25, 0.3) is 0 Å². The van der Waals surface area contributed by atoms with Crippen molar-refractivity contribution in [2.75, 3.05) is 19.6 Å². The highest BCUT2D eigenvalue weighted by Crippen LogP contribution is 2.18. The molecule has 0 aromatic carbocycles. The number of alkyl halides is 2. The summed E-state index contributed by atoms with van der Waals surface area (Å²) in [6.45, 7) is 3.07. The van der Waals surface area contributed by atoms with Gasteiger partial charge in [0.25, 0.3) is 0 Å². The Morgan fingerprint density at radius 1 is 1.47 bits per heavy atom. The Labute approximate surface area is 112 Å². The van der Waals surface area contributed by atoms with Crippen molar-refractivity contribution in [2.24, 2.45) is 0 Å². The molecule has 19 heavy (non-hydrogen) atoms. The molecule has 2 rings (SSSR count). The minimum atomic E-state index is -2.51. The number of hydrogen-bond donors (Lipinski definition) is 1. The van der Waals surface area contributed by atoms with Crippen molar-refractivity contribution >= 4 is 0 Å². The summed E-state index contributed by atoms with van der Waals surface area (Å²) in [4.78, 5) is 6.37. The Balaban J connectivity index is 2.04. The predicted molar refractivity (Wildman–Crippen MR) is 70.1 cm³/mol. The molecule has 2 heterocycles. The first-order chi connectivity index (χ1) is 9.22. The zero-order valence-electron chi connectivity index (χ0n) is 11.4. The fourth-order valence-electron chi connectivity index (χ4n) is 2.68. The van der Waals surface area contributed by atoms with E-state index in [1.807, 2.05) is 0 Å². The molecular formula is C13H22F2N4. The third-order valence-electron chi connectivity index (χ3n) is 3.64. The van der Waals surface area contributed by atoms with E-state index in [4.69, 9.17) is 0 Å². The smallest absolute Gasteiger partial charge is 0.317 e. The molecular weight excluding hydrogens is 250 g/mol. The second-order valence-corrected chi connectivity index (χ2v) is 4.98. The summed E-state index contributed by atoms with van der Waals surface area (Å²) < 4.78 is 26.6. The van der Waals surface area contributed by atoms with E-state index in [-0.39, 0.29) is 0 Å². The van der Waals surface area contributed by atoms with Crippen LogP contribution in [0.1, 0.15) is 38.6 Å². The molecule has 108 valence electrons. The first-order valence-corrected chi connectivity index (χ1v) is 6.97. The molecule has 1 aromatic heterocycles.